The molecule has 4 rings (SSSR count). The molecular formula is C29H30F4O. The van der Waals surface area contributed by atoms with Gasteiger partial charge < -0.3 is 4.74 Å². The lowest BCUT2D eigenvalue weighted by molar-refractivity contribution is 0.114. The standard InChI is InChI=1S/C29H30F4O/c1-3-4-5-18-6-7-22-17-23(11-10-21(22)16-18)24-14-12-19(26(30)28(24)32)8-9-20-13-15-25(34-2)29(33)27(20)31/h3,12-15,18,21-23H,1,4-7,10-11,16-17H2,2H3. The molecule has 0 saturated heterocycles. The van der Waals surface area contributed by atoms with Crippen molar-refractivity contribution in [2.45, 2.75) is 57.3 Å². The summed E-state index contributed by atoms with van der Waals surface area (Å²) in [5.74, 6) is 2.36. The fraction of sp³-hybridized carbons (Fsp3) is 0.448. The van der Waals surface area contributed by atoms with Gasteiger partial charge in [-0.1, -0.05) is 30.4 Å². The zero-order chi connectivity index (χ0) is 24.2. The van der Waals surface area contributed by atoms with E-state index in [-0.39, 0.29) is 22.8 Å². The van der Waals surface area contributed by atoms with E-state index in [4.69, 9.17) is 4.74 Å². The van der Waals surface area contributed by atoms with Crippen LogP contribution in [0, 0.1) is 52.9 Å². The van der Waals surface area contributed by atoms with Crippen molar-refractivity contribution in [1.29, 1.82) is 0 Å². The van der Waals surface area contributed by atoms with Gasteiger partial charge >= 0.3 is 0 Å². The molecule has 2 aromatic carbocycles. The third kappa shape index (κ3) is 5.02. The van der Waals surface area contributed by atoms with Crippen LogP contribution in [0.2, 0.25) is 0 Å². The Balaban J connectivity index is 1.48. The molecule has 1 nitrogen and oxygen atoms in total. The van der Waals surface area contributed by atoms with Crippen molar-refractivity contribution >= 4 is 0 Å². The van der Waals surface area contributed by atoms with Crippen molar-refractivity contribution < 1.29 is 22.3 Å². The molecule has 5 heteroatoms. The molecule has 34 heavy (non-hydrogen) atoms. The molecule has 2 fully saturated rings. The first-order valence-electron chi connectivity index (χ1n) is 12.1. The average Bonchev–Trinajstić information content (AvgIpc) is 2.85. The second-order valence-corrected chi connectivity index (χ2v) is 9.60. The maximum Gasteiger partial charge on any atom is 0.201 e. The summed E-state index contributed by atoms with van der Waals surface area (Å²) >= 11 is 0. The molecule has 0 amide bonds. The van der Waals surface area contributed by atoms with Crippen LogP contribution >= 0.6 is 0 Å². The van der Waals surface area contributed by atoms with Crippen LogP contribution in [0.4, 0.5) is 17.6 Å². The number of methoxy groups -OCH3 is 1. The lowest BCUT2D eigenvalue weighted by Crippen LogP contribution is -2.30. The van der Waals surface area contributed by atoms with Crippen molar-refractivity contribution in [3.63, 3.8) is 0 Å². The highest BCUT2D eigenvalue weighted by atomic mass is 19.2. The number of rotatable bonds is 5. The Kier molecular flexibility index (Phi) is 7.66. The topological polar surface area (TPSA) is 9.23 Å². The molecule has 0 N–H and O–H groups in total. The summed E-state index contributed by atoms with van der Waals surface area (Å²) < 4.78 is 62.6. The van der Waals surface area contributed by atoms with Gasteiger partial charge in [-0.05, 0) is 92.4 Å². The lowest BCUT2D eigenvalue weighted by Gasteiger charge is -2.42. The van der Waals surface area contributed by atoms with Gasteiger partial charge in [0.1, 0.15) is 0 Å². The monoisotopic (exact) mass is 470 g/mol. The molecule has 0 radical (unpaired) electrons. The van der Waals surface area contributed by atoms with Crippen molar-refractivity contribution in [2.75, 3.05) is 7.11 Å². The molecule has 0 heterocycles. The highest BCUT2D eigenvalue weighted by molar-refractivity contribution is 5.47. The number of ether oxygens (including phenoxy) is 1. The quantitative estimate of drug-likeness (QED) is 0.245. The summed E-state index contributed by atoms with van der Waals surface area (Å²) in [5, 5.41) is 0. The van der Waals surface area contributed by atoms with Crippen molar-refractivity contribution in [1.82, 2.24) is 0 Å². The van der Waals surface area contributed by atoms with Gasteiger partial charge in [0.25, 0.3) is 0 Å². The Morgan fingerprint density at radius 3 is 2.21 bits per heavy atom. The van der Waals surface area contributed by atoms with Crippen molar-refractivity contribution in [3.05, 3.63) is 76.9 Å². The highest BCUT2D eigenvalue weighted by Gasteiger charge is 2.36. The molecule has 0 bridgehead atoms. The van der Waals surface area contributed by atoms with Gasteiger partial charge in [0.05, 0.1) is 18.2 Å². The molecule has 4 atom stereocenters. The molecule has 2 aliphatic rings. The summed E-state index contributed by atoms with van der Waals surface area (Å²) in [5.41, 5.74) is -0.0190. The normalized spacial score (nSPS) is 24.0. The Bertz CT molecular complexity index is 1110. The number of fused-ring (bicyclic) bond motifs is 1. The molecule has 2 saturated carbocycles. The van der Waals surface area contributed by atoms with E-state index < -0.39 is 23.3 Å². The lowest BCUT2D eigenvalue weighted by atomic mass is 9.63. The first-order valence-corrected chi connectivity index (χ1v) is 12.1. The fourth-order valence-electron chi connectivity index (χ4n) is 5.78. The van der Waals surface area contributed by atoms with Crippen LogP contribution in [-0.2, 0) is 0 Å². The second-order valence-electron chi connectivity index (χ2n) is 9.60. The summed E-state index contributed by atoms with van der Waals surface area (Å²) in [7, 11) is 1.23. The van der Waals surface area contributed by atoms with E-state index >= 15 is 4.39 Å². The summed E-state index contributed by atoms with van der Waals surface area (Å²) in [4.78, 5) is 0. The number of hydrogen-bond acceptors (Lipinski definition) is 1. The van der Waals surface area contributed by atoms with E-state index in [1.54, 1.807) is 6.07 Å². The zero-order valence-electron chi connectivity index (χ0n) is 19.5. The van der Waals surface area contributed by atoms with Crippen molar-refractivity contribution in [3.8, 4) is 17.6 Å². The molecule has 180 valence electrons. The summed E-state index contributed by atoms with van der Waals surface area (Å²) in [6, 6.07) is 5.54. The first kappa shape index (κ1) is 24.4. The number of allylic oxidation sites excluding steroid dienone is 1. The Morgan fingerprint density at radius 2 is 1.50 bits per heavy atom. The summed E-state index contributed by atoms with van der Waals surface area (Å²) in [6.45, 7) is 3.82. The van der Waals surface area contributed by atoms with E-state index in [1.165, 1.54) is 44.6 Å². The molecule has 0 spiro atoms. The second kappa shape index (κ2) is 10.7. The minimum atomic E-state index is -1.18. The number of benzene rings is 2. The van der Waals surface area contributed by atoms with Gasteiger partial charge in [-0.3, -0.25) is 0 Å². The largest absolute Gasteiger partial charge is 0.494 e. The predicted octanol–water partition coefficient (Wildman–Crippen LogP) is 7.92. The van der Waals surface area contributed by atoms with E-state index in [2.05, 4.69) is 18.4 Å². The van der Waals surface area contributed by atoms with E-state index in [9.17, 15) is 13.2 Å². The Morgan fingerprint density at radius 1 is 0.853 bits per heavy atom. The maximum atomic E-state index is 15.0. The van der Waals surface area contributed by atoms with Gasteiger partial charge in [-0.2, -0.15) is 4.39 Å². The van der Waals surface area contributed by atoms with Crippen LogP contribution in [0.5, 0.6) is 5.75 Å². The van der Waals surface area contributed by atoms with Crippen LogP contribution in [-0.4, -0.2) is 7.11 Å². The van der Waals surface area contributed by atoms with Crippen LogP contribution in [0.3, 0.4) is 0 Å². The third-order valence-corrected chi connectivity index (χ3v) is 7.65. The maximum absolute atomic E-state index is 15.0. The molecular weight excluding hydrogens is 440 g/mol. The molecule has 2 aliphatic carbocycles. The van der Waals surface area contributed by atoms with E-state index in [0.29, 0.717) is 17.4 Å². The van der Waals surface area contributed by atoms with E-state index in [0.717, 1.165) is 38.0 Å². The molecule has 0 aliphatic heterocycles. The third-order valence-electron chi connectivity index (χ3n) is 7.65. The zero-order valence-corrected chi connectivity index (χ0v) is 19.5. The van der Waals surface area contributed by atoms with Crippen LogP contribution < -0.4 is 4.74 Å². The van der Waals surface area contributed by atoms with Crippen LogP contribution in [0.1, 0.15) is 74.0 Å². The highest BCUT2D eigenvalue weighted by Crippen LogP contribution is 2.48. The van der Waals surface area contributed by atoms with E-state index in [1.807, 2.05) is 6.08 Å². The Labute approximate surface area is 199 Å². The smallest absolute Gasteiger partial charge is 0.201 e. The molecule has 0 aromatic heterocycles. The van der Waals surface area contributed by atoms with Crippen LogP contribution in [0.15, 0.2) is 36.9 Å². The predicted molar refractivity (Wildman–Crippen MR) is 126 cm³/mol. The van der Waals surface area contributed by atoms with Gasteiger partial charge in [-0.15, -0.1) is 6.58 Å². The summed E-state index contributed by atoms with van der Waals surface area (Å²) in [6.07, 6.45) is 10.6. The van der Waals surface area contributed by atoms with Crippen LogP contribution in [0.25, 0.3) is 0 Å². The van der Waals surface area contributed by atoms with Gasteiger partial charge in [0.15, 0.2) is 23.2 Å². The minimum absolute atomic E-state index is 0.00406. The number of halogens is 4. The SMILES string of the molecule is C=CCCC1CCC2CC(c3ccc(C#Cc4ccc(OC)c(F)c4F)c(F)c3F)CCC2C1. The number of hydrogen-bond donors (Lipinski definition) is 0. The minimum Gasteiger partial charge on any atom is -0.494 e. The van der Waals surface area contributed by atoms with Gasteiger partial charge in [-0.25, -0.2) is 13.2 Å². The van der Waals surface area contributed by atoms with Gasteiger partial charge in [0.2, 0.25) is 5.82 Å². The average molecular weight is 471 g/mol. The molecule has 2 aromatic rings. The van der Waals surface area contributed by atoms with Gasteiger partial charge in [0, 0.05) is 0 Å². The Hall–Kier alpha value is -2.74. The fourth-order valence-corrected chi connectivity index (χ4v) is 5.78. The first-order chi connectivity index (χ1) is 16.4. The molecule has 4 unspecified atom stereocenters. The van der Waals surface area contributed by atoms with Crippen molar-refractivity contribution in [2.24, 2.45) is 17.8 Å².